The summed E-state index contributed by atoms with van der Waals surface area (Å²) in [4.78, 5) is 12.4. The molecule has 1 saturated carbocycles. The summed E-state index contributed by atoms with van der Waals surface area (Å²) in [5, 5.41) is 0. The van der Waals surface area contributed by atoms with E-state index in [1.165, 1.54) is 0 Å². The fraction of sp³-hybridized carbons (Fsp3) is 0.750. The number of alkyl halides is 1. The van der Waals surface area contributed by atoms with E-state index in [2.05, 4.69) is 35.0 Å². The van der Waals surface area contributed by atoms with Gasteiger partial charge in [0, 0.05) is 4.83 Å². The van der Waals surface area contributed by atoms with Crippen molar-refractivity contribution in [2.24, 2.45) is 11.3 Å². The Kier molecular flexibility index (Phi) is 3.19. The van der Waals surface area contributed by atoms with Crippen LogP contribution in [0.1, 0.15) is 32.6 Å². The minimum absolute atomic E-state index is 0.0170. The van der Waals surface area contributed by atoms with Gasteiger partial charge in [-0.25, -0.2) is 0 Å². The lowest BCUT2D eigenvalue weighted by atomic mass is 9.88. The molecule has 2 bridgehead atoms. The average molecular weight is 273 g/mol. The van der Waals surface area contributed by atoms with Crippen LogP contribution in [0.4, 0.5) is 0 Å². The smallest absolute Gasteiger partial charge is 0.315 e. The van der Waals surface area contributed by atoms with Crippen LogP contribution in [0.3, 0.4) is 0 Å². The van der Waals surface area contributed by atoms with E-state index in [0.29, 0.717) is 17.4 Å². The number of halogens is 1. The minimum Gasteiger partial charge on any atom is -0.465 e. The largest absolute Gasteiger partial charge is 0.465 e. The molecule has 3 heteroatoms. The Morgan fingerprint density at radius 1 is 1.60 bits per heavy atom. The maximum Gasteiger partial charge on any atom is 0.315 e. The van der Waals surface area contributed by atoms with Gasteiger partial charge in [-0.15, -0.1) is 0 Å². The molecule has 0 radical (unpaired) electrons. The molecule has 84 valence electrons. The Bertz CT molecular complexity index is 287. The quantitative estimate of drug-likeness (QED) is 0.340. The van der Waals surface area contributed by atoms with Crippen LogP contribution >= 0.6 is 15.9 Å². The number of esters is 1. The highest BCUT2D eigenvalue weighted by molar-refractivity contribution is 9.09. The Hall–Kier alpha value is -0.310. The SMILES string of the molecule is CCCCOC(=O)C12C=CC(C1)C(Br)C2. The molecule has 0 spiro atoms. The molecule has 0 amide bonds. The van der Waals surface area contributed by atoms with Crippen molar-refractivity contribution >= 4 is 21.9 Å². The van der Waals surface area contributed by atoms with Gasteiger partial charge in [-0.2, -0.15) is 0 Å². The van der Waals surface area contributed by atoms with Crippen molar-refractivity contribution in [2.45, 2.75) is 37.4 Å². The maximum absolute atomic E-state index is 12.0. The van der Waals surface area contributed by atoms with E-state index in [0.717, 1.165) is 25.7 Å². The summed E-state index contributed by atoms with van der Waals surface area (Å²) in [6.07, 6.45) is 8.09. The molecular formula is C12H17BrO2. The predicted molar refractivity (Wildman–Crippen MR) is 62.9 cm³/mol. The highest BCUT2D eigenvalue weighted by atomic mass is 79.9. The zero-order chi connectivity index (χ0) is 10.9. The van der Waals surface area contributed by atoms with Crippen LogP contribution in [0.5, 0.6) is 0 Å². The van der Waals surface area contributed by atoms with Crippen molar-refractivity contribution in [3.05, 3.63) is 12.2 Å². The number of allylic oxidation sites excluding steroid dienone is 1. The average Bonchev–Trinajstić information content (AvgIpc) is 2.76. The van der Waals surface area contributed by atoms with Gasteiger partial charge in [-0.05, 0) is 25.2 Å². The lowest BCUT2D eigenvalue weighted by Gasteiger charge is -2.22. The zero-order valence-electron chi connectivity index (χ0n) is 9.04. The maximum atomic E-state index is 12.0. The van der Waals surface area contributed by atoms with Crippen molar-refractivity contribution in [3.8, 4) is 0 Å². The van der Waals surface area contributed by atoms with Gasteiger partial charge in [0.05, 0.1) is 12.0 Å². The third-order valence-corrected chi connectivity index (χ3v) is 4.43. The number of hydrogen-bond donors (Lipinski definition) is 0. The highest BCUT2D eigenvalue weighted by Crippen LogP contribution is 2.52. The molecule has 1 fully saturated rings. The van der Waals surface area contributed by atoms with E-state index < -0.39 is 0 Å². The Labute approximate surface area is 99.2 Å². The molecule has 0 saturated heterocycles. The second kappa shape index (κ2) is 4.28. The minimum atomic E-state index is -0.299. The molecule has 0 aliphatic heterocycles. The molecule has 2 aliphatic carbocycles. The van der Waals surface area contributed by atoms with Gasteiger partial charge in [0.25, 0.3) is 0 Å². The molecule has 0 aromatic rings. The van der Waals surface area contributed by atoms with Gasteiger partial charge < -0.3 is 4.74 Å². The van der Waals surface area contributed by atoms with E-state index >= 15 is 0 Å². The van der Waals surface area contributed by atoms with E-state index in [1.807, 2.05) is 0 Å². The Balaban J connectivity index is 1.93. The Morgan fingerprint density at radius 3 is 2.93 bits per heavy atom. The number of ether oxygens (including phenoxy) is 1. The first-order valence-corrected chi connectivity index (χ1v) is 6.60. The van der Waals surface area contributed by atoms with E-state index in [4.69, 9.17) is 4.74 Å². The second-order valence-electron chi connectivity index (χ2n) is 4.59. The van der Waals surface area contributed by atoms with Crippen LogP contribution in [0.2, 0.25) is 0 Å². The lowest BCUT2D eigenvalue weighted by molar-refractivity contribution is -0.152. The molecule has 2 aliphatic rings. The van der Waals surface area contributed by atoms with E-state index in [1.54, 1.807) is 0 Å². The van der Waals surface area contributed by atoms with Crippen LogP contribution in [0, 0.1) is 11.3 Å². The third kappa shape index (κ3) is 1.99. The molecule has 0 aromatic heterocycles. The summed E-state index contributed by atoms with van der Waals surface area (Å²) in [5.74, 6) is 0.514. The fourth-order valence-corrected chi connectivity index (χ4v) is 3.39. The number of rotatable bonds is 4. The summed E-state index contributed by atoms with van der Waals surface area (Å²) >= 11 is 3.62. The van der Waals surface area contributed by atoms with Crippen LogP contribution < -0.4 is 0 Å². The summed E-state index contributed by atoms with van der Waals surface area (Å²) in [5.41, 5.74) is -0.299. The molecule has 0 aromatic carbocycles. The molecule has 3 unspecified atom stereocenters. The number of carbonyl (C=O) groups excluding carboxylic acids is 1. The van der Waals surface area contributed by atoms with Crippen LogP contribution in [-0.4, -0.2) is 17.4 Å². The predicted octanol–water partition coefficient (Wildman–Crippen LogP) is 3.06. The van der Waals surface area contributed by atoms with Crippen molar-refractivity contribution in [3.63, 3.8) is 0 Å². The summed E-state index contributed by atoms with van der Waals surface area (Å²) in [7, 11) is 0. The zero-order valence-corrected chi connectivity index (χ0v) is 10.6. The highest BCUT2D eigenvalue weighted by Gasteiger charge is 2.51. The second-order valence-corrected chi connectivity index (χ2v) is 5.77. The Morgan fingerprint density at radius 2 is 2.40 bits per heavy atom. The molecule has 2 nitrogen and oxygen atoms in total. The molecule has 0 heterocycles. The summed E-state index contributed by atoms with van der Waals surface area (Å²) in [6.45, 7) is 2.67. The number of fused-ring (bicyclic) bond motifs is 2. The molecular weight excluding hydrogens is 256 g/mol. The number of carbonyl (C=O) groups is 1. The molecule has 3 atom stereocenters. The van der Waals surface area contributed by atoms with Gasteiger partial charge in [-0.1, -0.05) is 41.4 Å². The van der Waals surface area contributed by atoms with Crippen molar-refractivity contribution in [2.75, 3.05) is 6.61 Å². The van der Waals surface area contributed by atoms with Gasteiger partial charge in [0.1, 0.15) is 0 Å². The summed E-state index contributed by atoms with van der Waals surface area (Å²) < 4.78 is 5.32. The van der Waals surface area contributed by atoms with Gasteiger partial charge in [0.15, 0.2) is 0 Å². The van der Waals surface area contributed by atoms with Gasteiger partial charge in [-0.3, -0.25) is 4.79 Å². The van der Waals surface area contributed by atoms with Gasteiger partial charge >= 0.3 is 5.97 Å². The normalized spacial score (nSPS) is 37.2. The monoisotopic (exact) mass is 272 g/mol. The standard InChI is InChI=1S/C12H17BrO2/c1-2-3-6-15-11(14)12-5-4-9(7-12)10(13)8-12/h4-5,9-10H,2-3,6-8H2,1H3. The third-order valence-electron chi connectivity index (χ3n) is 3.42. The molecule has 15 heavy (non-hydrogen) atoms. The first-order chi connectivity index (χ1) is 7.18. The van der Waals surface area contributed by atoms with Crippen LogP contribution in [0.25, 0.3) is 0 Å². The molecule has 0 N–H and O–H groups in total. The first kappa shape index (κ1) is 11.2. The topological polar surface area (TPSA) is 26.3 Å². The van der Waals surface area contributed by atoms with Crippen molar-refractivity contribution in [1.29, 1.82) is 0 Å². The molecule has 2 rings (SSSR count). The van der Waals surface area contributed by atoms with E-state index in [9.17, 15) is 4.79 Å². The van der Waals surface area contributed by atoms with Gasteiger partial charge in [0.2, 0.25) is 0 Å². The van der Waals surface area contributed by atoms with Crippen molar-refractivity contribution in [1.82, 2.24) is 0 Å². The number of hydrogen-bond acceptors (Lipinski definition) is 2. The van der Waals surface area contributed by atoms with Crippen LogP contribution in [-0.2, 0) is 9.53 Å². The number of unbranched alkanes of at least 4 members (excludes halogenated alkanes) is 1. The van der Waals surface area contributed by atoms with E-state index in [-0.39, 0.29) is 11.4 Å². The summed E-state index contributed by atoms with van der Waals surface area (Å²) in [6, 6.07) is 0. The van der Waals surface area contributed by atoms with Crippen LogP contribution in [0.15, 0.2) is 12.2 Å². The first-order valence-electron chi connectivity index (χ1n) is 5.68. The fourth-order valence-electron chi connectivity index (χ4n) is 2.45. The van der Waals surface area contributed by atoms with Crippen molar-refractivity contribution < 1.29 is 9.53 Å². The lowest BCUT2D eigenvalue weighted by Crippen LogP contribution is -2.28.